The van der Waals surface area contributed by atoms with Gasteiger partial charge < -0.3 is 10.4 Å². The van der Waals surface area contributed by atoms with Crippen LogP contribution in [0.3, 0.4) is 0 Å². The number of halogens is 1. The van der Waals surface area contributed by atoms with Crippen LogP contribution in [0.2, 0.25) is 4.34 Å². The van der Waals surface area contributed by atoms with Gasteiger partial charge in [0.05, 0.1) is 4.34 Å². The highest BCUT2D eigenvalue weighted by atomic mass is 35.5. The third kappa shape index (κ3) is 4.65. The van der Waals surface area contributed by atoms with Crippen molar-refractivity contribution in [1.29, 1.82) is 0 Å². The smallest absolute Gasteiger partial charge is 0.252 e. The number of aryl methyl sites for hydroxylation is 1. The van der Waals surface area contributed by atoms with Crippen molar-refractivity contribution in [1.82, 2.24) is 5.32 Å². The summed E-state index contributed by atoms with van der Waals surface area (Å²) < 4.78 is 0.825. The van der Waals surface area contributed by atoms with Crippen LogP contribution >= 0.6 is 34.7 Å². The lowest BCUT2D eigenvalue weighted by atomic mass is 9.96. The fraction of sp³-hybridized carbons (Fsp3) is 0.643. The zero-order valence-corrected chi connectivity index (χ0v) is 13.8. The number of carbonyl (C=O) groups is 1. The van der Waals surface area contributed by atoms with E-state index in [-0.39, 0.29) is 5.91 Å². The molecule has 1 amide bonds. The van der Waals surface area contributed by atoms with Crippen molar-refractivity contribution in [2.24, 2.45) is 0 Å². The Bertz CT molecular complexity index is 444. The Morgan fingerprint density at radius 2 is 2.10 bits per heavy atom. The van der Waals surface area contributed by atoms with Crippen LogP contribution in [-0.4, -0.2) is 34.7 Å². The van der Waals surface area contributed by atoms with Crippen LogP contribution in [0.1, 0.15) is 30.6 Å². The van der Waals surface area contributed by atoms with E-state index < -0.39 is 5.60 Å². The third-order valence-electron chi connectivity index (χ3n) is 3.51. The van der Waals surface area contributed by atoms with Crippen LogP contribution in [0.15, 0.2) is 12.1 Å². The highest BCUT2D eigenvalue weighted by molar-refractivity contribution is 7.99. The van der Waals surface area contributed by atoms with Gasteiger partial charge in [0.15, 0.2) is 0 Å². The van der Waals surface area contributed by atoms with Crippen LogP contribution in [0.25, 0.3) is 0 Å². The molecular formula is C14H20ClNO2S2. The highest BCUT2D eigenvalue weighted by Crippen LogP contribution is 2.27. The summed E-state index contributed by atoms with van der Waals surface area (Å²) in [6, 6.07) is 3.97. The Morgan fingerprint density at radius 1 is 1.35 bits per heavy atom. The van der Waals surface area contributed by atoms with Crippen molar-refractivity contribution in [3.8, 4) is 0 Å². The monoisotopic (exact) mass is 333 g/mol. The fourth-order valence-corrected chi connectivity index (χ4v) is 4.51. The van der Waals surface area contributed by atoms with Crippen LogP contribution in [0.5, 0.6) is 0 Å². The summed E-state index contributed by atoms with van der Waals surface area (Å²) in [6.45, 7) is 0.632. The van der Waals surface area contributed by atoms with Gasteiger partial charge in [0.2, 0.25) is 0 Å². The molecule has 0 aromatic carbocycles. The van der Waals surface area contributed by atoms with E-state index in [4.69, 9.17) is 11.6 Å². The number of aliphatic hydroxyl groups is 1. The zero-order valence-electron chi connectivity index (χ0n) is 11.4. The predicted molar refractivity (Wildman–Crippen MR) is 86.8 cm³/mol. The number of rotatable bonds is 6. The number of unbranched alkanes of at least 4 members (excludes halogenated alkanes) is 1. The van der Waals surface area contributed by atoms with Gasteiger partial charge in [-0.05, 0) is 55.7 Å². The molecule has 0 atom stereocenters. The molecule has 112 valence electrons. The first-order valence-electron chi connectivity index (χ1n) is 6.93. The van der Waals surface area contributed by atoms with E-state index in [1.165, 1.54) is 4.88 Å². The second-order valence-electron chi connectivity index (χ2n) is 5.06. The molecule has 0 spiro atoms. The van der Waals surface area contributed by atoms with Gasteiger partial charge in [-0.25, -0.2) is 0 Å². The van der Waals surface area contributed by atoms with Gasteiger partial charge in [0, 0.05) is 11.4 Å². The fourth-order valence-electron chi connectivity index (χ4n) is 2.21. The molecular weight excluding hydrogens is 314 g/mol. The Morgan fingerprint density at radius 3 is 2.75 bits per heavy atom. The molecule has 1 aliphatic heterocycles. The van der Waals surface area contributed by atoms with E-state index >= 15 is 0 Å². The molecule has 0 radical (unpaired) electrons. The van der Waals surface area contributed by atoms with E-state index in [9.17, 15) is 9.90 Å². The van der Waals surface area contributed by atoms with Gasteiger partial charge in [-0.15, -0.1) is 11.3 Å². The van der Waals surface area contributed by atoms with E-state index in [0.717, 1.165) is 35.1 Å². The van der Waals surface area contributed by atoms with E-state index in [2.05, 4.69) is 5.32 Å². The molecule has 1 aromatic rings. The van der Waals surface area contributed by atoms with E-state index in [1.54, 1.807) is 23.1 Å². The second kappa shape index (κ2) is 7.69. The Balaban J connectivity index is 1.62. The Hall–Kier alpha value is -0.230. The minimum atomic E-state index is -1.13. The number of thioether (sulfide) groups is 1. The molecule has 1 aromatic heterocycles. The number of nitrogens with one attached hydrogen (secondary N) is 1. The number of amides is 1. The van der Waals surface area contributed by atoms with Gasteiger partial charge in [-0.1, -0.05) is 11.6 Å². The normalized spacial score (nSPS) is 17.9. The summed E-state index contributed by atoms with van der Waals surface area (Å²) in [5.74, 6) is 1.53. The topological polar surface area (TPSA) is 49.3 Å². The van der Waals surface area contributed by atoms with Gasteiger partial charge in [0.1, 0.15) is 5.60 Å². The van der Waals surface area contributed by atoms with Crippen molar-refractivity contribution in [3.63, 3.8) is 0 Å². The SMILES string of the molecule is O=C(NCCCCc1ccc(Cl)s1)C1(O)CCSCC1. The minimum Gasteiger partial charge on any atom is -0.380 e. The van der Waals surface area contributed by atoms with Gasteiger partial charge in [-0.2, -0.15) is 11.8 Å². The lowest BCUT2D eigenvalue weighted by molar-refractivity contribution is -0.140. The highest BCUT2D eigenvalue weighted by Gasteiger charge is 2.36. The zero-order chi connectivity index (χ0) is 14.4. The summed E-state index contributed by atoms with van der Waals surface area (Å²) in [4.78, 5) is 13.3. The summed E-state index contributed by atoms with van der Waals surface area (Å²) in [6.07, 6.45) is 4.07. The van der Waals surface area contributed by atoms with Crippen molar-refractivity contribution in [3.05, 3.63) is 21.3 Å². The van der Waals surface area contributed by atoms with Crippen molar-refractivity contribution < 1.29 is 9.90 Å². The second-order valence-corrected chi connectivity index (χ2v) is 8.09. The molecule has 6 heteroatoms. The van der Waals surface area contributed by atoms with Gasteiger partial charge in [-0.3, -0.25) is 4.79 Å². The Kier molecular flexibility index (Phi) is 6.20. The third-order valence-corrected chi connectivity index (χ3v) is 5.78. The molecule has 2 rings (SSSR count). The molecule has 1 saturated heterocycles. The molecule has 0 unspecified atom stereocenters. The van der Waals surface area contributed by atoms with Crippen molar-refractivity contribution in [2.75, 3.05) is 18.1 Å². The number of carbonyl (C=O) groups excluding carboxylic acids is 1. The molecule has 1 aliphatic rings. The van der Waals surface area contributed by atoms with E-state index in [1.807, 2.05) is 12.1 Å². The average Bonchev–Trinajstić information content (AvgIpc) is 2.85. The van der Waals surface area contributed by atoms with E-state index in [0.29, 0.717) is 19.4 Å². The molecule has 0 aliphatic carbocycles. The van der Waals surface area contributed by atoms with Crippen molar-refractivity contribution >= 4 is 40.6 Å². The summed E-state index contributed by atoms with van der Waals surface area (Å²) in [5, 5.41) is 13.1. The van der Waals surface area contributed by atoms with Crippen LogP contribution in [0.4, 0.5) is 0 Å². The molecule has 20 heavy (non-hydrogen) atoms. The van der Waals surface area contributed by atoms with Crippen LogP contribution in [-0.2, 0) is 11.2 Å². The summed E-state index contributed by atoms with van der Waals surface area (Å²) >= 11 is 9.28. The van der Waals surface area contributed by atoms with Crippen LogP contribution < -0.4 is 5.32 Å². The summed E-state index contributed by atoms with van der Waals surface area (Å²) in [7, 11) is 0. The molecule has 0 saturated carbocycles. The molecule has 2 heterocycles. The number of hydrogen-bond acceptors (Lipinski definition) is 4. The number of hydrogen-bond donors (Lipinski definition) is 2. The molecule has 2 N–H and O–H groups in total. The quantitative estimate of drug-likeness (QED) is 0.786. The first-order chi connectivity index (χ1) is 9.60. The lowest BCUT2D eigenvalue weighted by Gasteiger charge is -2.30. The molecule has 3 nitrogen and oxygen atoms in total. The average molecular weight is 334 g/mol. The standard InChI is InChI=1S/C14H20ClNO2S2/c15-12-5-4-11(20-12)3-1-2-8-16-13(17)14(18)6-9-19-10-7-14/h4-5,18H,1-3,6-10H2,(H,16,17). The first-order valence-corrected chi connectivity index (χ1v) is 9.28. The summed E-state index contributed by atoms with van der Waals surface area (Å²) in [5.41, 5.74) is -1.13. The molecule has 1 fully saturated rings. The van der Waals surface area contributed by atoms with Gasteiger partial charge >= 0.3 is 0 Å². The van der Waals surface area contributed by atoms with Crippen molar-refractivity contribution in [2.45, 2.75) is 37.7 Å². The van der Waals surface area contributed by atoms with Crippen LogP contribution in [0, 0.1) is 0 Å². The maximum absolute atomic E-state index is 12.0. The van der Waals surface area contributed by atoms with Gasteiger partial charge in [0.25, 0.3) is 5.91 Å². The predicted octanol–water partition coefficient (Wildman–Crippen LogP) is 3.10. The molecule has 0 bridgehead atoms. The lowest BCUT2D eigenvalue weighted by Crippen LogP contribution is -2.49. The number of thiophene rings is 1. The Labute approximate surface area is 133 Å². The maximum Gasteiger partial charge on any atom is 0.252 e. The maximum atomic E-state index is 12.0. The largest absolute Gasteiger partial charge is 0.380 e. The first kappa shape index (κ1) is 16.1. The minimum absolute atomic E-state index is 0.197.